The van der Waals surface area contributed by atoms with Crippen LogP contribution in [0.15, 0.2) is 70.5 Å². The molecular formula is C31H35ClO4S. The first kappa shape index (κ1) is 26.1. The zero-order valence-electron chi connectivity index (χ0n) is 21.2. The van der Waals surface area contributed by atoms with E-state index in [-0.39, 0.29) is 22.5 Å². The number of phenols is 1. The molecule has 3 aromatic rings. The highest BCUT2D eigenvalue weighted by atomic mass is 35.5. The molecule has 6 heteroatoms. The van der Waals surface area contributed by atoms with Crippen molar-refractivity contribution in [3.63, 3.8) is 0 Å². The Balaban J connectivity index is 1.61. The molecule has 0 bridgehead atoms. The van der Waals surface area contributed by atoms with Crippen molar-refractivity contribution in [1.82, 2.24) is 0 Å². The lowest BCUT2D eigenvalue weighted by Crippen LogP contribution is -2.15. The third-order valence-corrected chi connectivity index (χ3v) is 10.1. The van der Waals surface area contributed by atoms with E-state index in [0.717, 1.165) is 73.8 Å². The first-order valence-corrected chi connectivity index (χ1v) is 15.4. The van der Waals surface area contributed by atoms with Crippen molar-refractivity contribution < 1.29 is 18.3 Å². The maximum atomic E-state index is 14.0. The smallest absolute Gasteiger partial charge is 0.206 e. The van der Waals surface area contributed by atoms with Crippen LogP contribution in [0, 0.1) is 0 Å². The van der Waals surface area contributed by atoms with Gasteiger partial charge in [-0.3, -0.25) is 0 Å². The summed E-state index contributed by atoms with van der Waals surface area (Å²) < 4.78 is 34.5. The SMILES string of the molecule is O=S(=O)(c1ccc(O)cc1)c1cc(C2CCCCC2)c(OCc2ccc(Cl)cc2)cc1C1CCCCC1. The number of ether oxygens (including phenoxy) is 1. The Bertz CT molecular complexity index is 1300. The van der Waals surface area contributed by atoms with Gasteiger partial charge in [0.25, 0.3) is 0 Å². The van der Waals surface area contributed by atoms with Gasteiger partial charge in [0.15, 0.2) is 0 Å². The molecule has 1 N–H and O–H groups in total. The van der Waals surface area contributed by atoms with E-state index < -0.39 is 9.84 Å². The van der Waals surface area contributed by atoms with E-state index in [0.29, 0.717) is 16.5 Å². The number of hydrogen-bond donors (Lipinski definition) is 1. The molecule has 0 radical (unpaired) electrons. The van der Waals surface area contributed by atoms with E-state index in [2.05, 4.69) is 0 Å². The summed E-state index contributed by atoms with van der Waals surface area (Å²) in [4.78, 5) is 0.622. The van der Waals surface area contributed by atoms with Crippen LogP contribution in [0.3, 0.4) is 0 Å². The van der Waals surface area contributed by atoms with Crippen LogP contribution in [0.4, 0.5) is 0 Å². The van der Waals surface area contributed by atoms with Crippen LogP contribution in [0.25, 0.3) is 0 Å². The fraction of sp³-hybridized carbons (Fsp3) is 0.419. The number of benzene rings is 3. The lowest BCUT2D eigenvalue weighted by atomic mass is 9.80. The molecule has 0 atom stereocenters. The zero-order chi connectivity index (χ0) is 25.8. The quantitative estimate of drug-likeness (QED) is 0.327. The Kier molecular flexibility index (Phi) is 8.11. The van der Waals surface area contributed by atoms with Crippen molar-refractivity contribution in [1.29, 1.82) is 0 Å². The average Bonchev–Trinajstić information content (AvgIpc) is 2.93. The normalized spacial score (nSPS) is 17.5. The molecule has 0 aromatic heterocycles. The largest absolute Gasteiger partial charge is 0.508 e. The fourth-order valence-corrected chi connectivity index (χ4v) is 7.60. The van der Waals surface area contributed by atoms with E-state index in [1.54, 1.807) is 0 Å². The van der Waals surface area contributed by atoms with Gasteiger partial charge in [-0.15, -0.1) is 0 Å². The van der Waals surface area contributed by atoms with Gasteiger partial charge in [0.1, 0.15) is 18.1 Å². The van der Waals surface area contributed by atoms with Gasteiger partial charge < -0.3 is 9.84 Å². The average molecular weight is 539 g/mol. The van der Waals surface area contributed by atoms with E-state index in [1.165, 1.54) is 37.1 Å². The van der Waals surface area contributed by atoms with Gasteiger partial charge in [-0.1, -0.05) is 62.3 Å². The molecule has 2 aliphatic rings. The zero-order valence-corrected chi connectivity index (χ0v) is 22.7. The van der Waals surface area contributed by atoms with E-state index in [4.69, 9.17) is 16.3 Å². The molecule has 0 spiro atoms. The Morgan fingerprint density at radius 3 is 1.92 bits per heavy atom. The van der Waals surface area contributed by atoms with Crippen LogP contribution in [0.2, 0.25) is 5.02 Å². The molecule has 0 aliphatic heterocycles. The molecular weight excluding hydrogens is 504 g/mol. The summed E-state index contributed by atoms with van der Waals surface area (Å²) in [6.45, 7) is 0.408. The number of hydrogen-bond acceptors (Lipinski definition) is 4. The van der Waals surface area contributed by atoms with Crippen molar-refractivity contribution in [3.8, 4) is 11.5 Å². The molecule has 196 valence electrons. The van der Waals surface area contributed by atoms with Crippen molar-refractivity contribution in [2.75, 3.05) is 0 Å². The van der Waals surface area contributed by atoms with Gasteiger partial charge in [0, 0.05) is 5.02 Å². The van der Waals surface area contributed by atoms with E-state index in [9.17, 15) is 13.5 Å². The van der Waals surface area contributed by atoms with E-state index >= 15 is 0 Å². The molecule has 2 aliphatic carbocycles. The van der Waals surface area contributed by atoms with Gasteiger partial charge in [-0.2, -0.15) is 0 Å². The number of phenolic OH excluding ortho intramolecular Hbond substituents is 1. The standard InChI is InChI=1S/C31H35ClO4S/c32-25-13-11-22(12-14-25)21-36-30-19-29(24-9-5-2-6-10-24)31(20-28(30)23-7-3-1-4-8-23)37(34,35)27-17-15-26(33)16-18-27/h11-20,23-24,33H,1-10,21H2. The van der Waals surface area contributed by atoms with Crippen LogP contribution in [-0.2, 0) is 16.4 Å². The first-order chi connectivity index (χ1) is 17.9. The summed E-state index contributed by atoms with van der Waals surface area (Å²) in [5, 5.41) is 10.4. The minimum absolute atomic E-state index is 0.0558. The highest BCUT2D eigenvalue weighted by Crippen LogP contribution is 2.45. The molecule has 0 unspecified atom stereocenters. The van der Waals surface area contributed by atoms with Gasteiger partial charge in [0.05, 0.1) is 9.79 Å². The second-order valence-electron chi connectivity index (χ2n) is 10.5. The number of sulfone groups is 1. The van der Waals surface area contributed by atoms with Crippen molar-refractivity contribution >= 4 is 21.4 Å². The minimum atomic E-state index is -3.77. The monoisotopic (exact) mass is 538 g/mol. The number of halogens is 1. The summed E-state index contributed by atoms with van der Waals surface area (Å²) in [5.41, 5.74) is 2.91. The van der Waals surface area contributed by atoms with Gasteiger partial charge in [-0.05, 0) is 103 Å². The van der Waals surface area contributed by atoms with Crippen molar-refractivity contribution in [2.24, 2.45) is 0 Å². The highest BCUT2D eigenvalue weighted by Gasteiger charge is 2.31. The molecule has 5 rings (SSSR count). The Labute approximate surface area is 225 Å². The van der Waals surface area contributed by atoms with Gasteiger partial charge in [-0.25, -0.2) is 8.42 Å². The summed E-state index contributed by atoms with van der Waals surface area (Å²) in [6, 6.07) is 17.5. The number of aromatic hydroxyl groups is 1. The third-order valence-electron chi connectivity index (χ3n) is 7.98. The van der Waals surface area contributed by atoms with Crippen LogP contribution in [0.1, 0.15) is 92.7 Å². The lowest BCUT2D eigenvalue weighted by molar-refractivity contribution is 0.295. The molecule has 0 heterocycles. The number of rotatable bonds is 7. The summed E-state index contributed by atoms with van der Waals surface area (Å²) in [5.74, 6) is 1.34. The maximum absolute atomic E-state index is 14.0. The molecule has 3 aromatic carbocycles. The molecule has 2 fully saturated rings. The van der Waals surface area contributed by atoms with Crippen LogP contribution in [0.5, 0.6) is 11.5 Å². The van der Waals surface area contributed by atoms with Crippen LogP contribution >= 0.6 is 11.6 Å². The summed E-state index contributed by atoms with van der Waals surface area (Å²) >= 11 is 6.07. The van der Waals surface area contributed by atoms with Crippen LogP contribution < -0.4 is 4.74 Å². The van der Waals surface area contributed by atoms with Crippen molar-refractivity contribution in [3.05, 3.63) is 82.4 Å². The van der Waals surface area contributed by atoms with E-state index in [1.807, 2.05) is 36.4 Å². The summed E-state index contributed by atoms with van der Waals surface area (Å²) in [7, 11) is -3.77. The fourth-order valence-electron chi connectivity index (χ4n) is 5.91. The first-order valence-electron chi connectivity index (χ1n) is 13.5. The highest BCUT2D eigenvalue weighted by molar-refractivity contribution is 7.91. The second-order valence-corrected chi connectivity index (χ2v) is 12.9. The molecule has 0 saturated heterocycles. The lowest BCUT2D eigenvalue weighted by Gasteiger charge is -2.29. The predicted octanol–water partition coefficient (Wildman–Crippen LogP) is 8.55. The Morgan fingerprint density at radius 2 is 1.32 bits per heavy atom. The maximum Gasteiger partial charge on any atom is 0.206 e. The topological polar surface area (TPSA) is 63.6 Å². The third kappa shape index (κ3) is 5.99. The molecule has 37 heavy (non-hydrogen) atoms. The van der Waals surface area contributed by atoms with Crippen LogP contribution in [-0.4, -0.2) is 13.5 Å². The second kappa shape index (κ2) is 11.5. The molecule has 0 amide bonds. The van der Waals surface area contributed by atoms with Gasteiger partial charge in [0.2, 0.25) is 9.84 Å². The minimum Gasteiger partial charge on any atom is -0.508 e. The molecule has 4 nitrogen and oxygen atoms in total. The van der Waals surface area contributed by atoms with Gasteiger partial charge >= 0.3 is 0 Å². The summed E-state index contributed by atoms with van der Waals surface area (Å²) in [6.07, 6.45) is 11.0. The van der Waals surface area contributed by atoms with Crippen molar-refractivity contribution in [2.45, 2.75) is 92.4 Å². The predicted molar refractivity (Wildman–Crippen MR) is 147 cm³/mol. The molecule has 2 saturated carbocycles. The Hall–Kier alpha value is -2.50. The Morgan fingerprint density at radius 1 is 0.757 bits per heavy atom.